The lowest BCUT2D eigenvalue weighted by Gasteiger charge is -2.34. The van der Waals surface area contributed by atoms with E-state index in [-0.39, 0.29) is 23.2 Å². The van der Waals surface area contributed by atoms with Crippen LogP contribution in [0.3, 0.4) is 0 Å². The second-order valence-corrected chi connectivity index (χ2v) is 5.09. The highest BCUT2D eigenvalue weighted by Crippen LogP contribution is 2.30. The van der Waals surface area contributed by atoms with Gasteiger partial charge >= 0.3 is 0 Å². The first kappa shape index (κ1) is 14.0. The lowest BCUT2D eigenvalue weighted by Crippen LogP contribution is -2.57. The summed E-state index contributed by atoms with van der Waals surface area (Å²) in [5, 5.41) is 2.21. The number of imide groups is 1. The van der Waals surface area contributed by atoms with Crippen molar-refractivity contribution in [2.24, 2.45) is 5.73 Å². The molecule has 0 bridgehead atoms. The average molecular weight is 330 g/mol. The fourth-order valence-corrected chi connectivity index (χ4v) is 2.46. The van der Waals surface area contributed by atoms with Crippen molar-refractivity contribution in [3.8, 4) is 0 Å². The van der Waals surface area contributed by atoms with Gasteiger partial charge in [-0.15, -0.1) is 0 Å². The molecule has 0 spiro atoms. The minimum atomic E-state index is -0.608. The minimum Gasteiger partial charge on any atom is -0.348 e. The number of anilines is 1. The van der Waals surface area contributed by atoms with Crippen molar-refractivity contribution in [2.75, 3.05) is 11.4 Å². The molecule has 0 aromatic heterocycles. The molecular weight excluding hydrogens is 317 g/mol. The van der Waals surface area contributed by atoms with Crippen LogP contribution in [0.1, 0.15) is 12.5 Å². The lowest BCUT2D eigenvalue weighted by molar-refractivity contribution is -0.132. The maximum Gasteiger partial charge on any atom is 0.249 e. The van der Waals surface area contributed by atoms with E-state index in [2.05, 4.69) is 21.2 Å². The largest absolute Gasteiger partial charge is 0.348 e. The zero-order chi connectivity index (χ0) is 14.2. The summed E-state index contributed by atoms with van der Waals surface area (Å²) >= 11 is 3.14. The fraction of sp³-hybridized carbons (Fsp3) is 0.333. The molecule has 1 aliphatic rings. The van der Waals surface area contributed by atoms with Gasteiger partial charge in [-0.25, -0.2) is 4.39 Å². The van der Waals surface area contributed by atoms with Crippen molar-refractivity contribution >= 4 is 33.4 Å². The Balaban J connectivity index is 2.43. The quantitative estimate of drug-likeness (QED) is 0.790. The summed E-state index contributed by atoms with van der Waals surface area (Å²) in [6.07, 6.45) is 0. The zero-order valence-electron chi connectivity index (χ0n) is 10.2. The number of benzene rings is 1. The highest BCUT2D eigenvalue weighted by atomic mass is 79.9. The highest BCUT2D eigenvalue weighted by molar-refractivity contribution is 9.10. The Kier molecular flexibility index (Phi) is 3.86. The van der Waals surface area contributed by atoms with Gasteiger partial charge < -0.3 is 10.6 Å². The number of hydrogen-bond donors (Lipinski definition) is 2. The molecule has 5 nitrogen and oxygen atoms in total. The molecule has 2 rings (SSSR count). The Bertz CT molecular complexity index is 550. The summed E-state index contributed by atoms with van der Waals surface area (Å²) in [4.78, 5) is 24.4. The zero-order valence-corrected chi connectivity index (χ0v) is 11.8. The Hall–Kier alpha value is -1.47. The van der Waals surface area contributed by atoms with Crippen molar-refractivity contribution in [2.45, 2.75) is 19.5 Å². The van der Waals surface area contributed by atoms with Crippen molar-refractivity contribution in [1.82, 2.24) is 5.32 Å². The third kappa shape index (κ3) is 2.48. The van der Waals surface area contributed by atoms with Gasteiger partial charge in [0.1, 0.15) is 6.04 Å². The standard InChI is InChI=1S/C12H13BrFN3O2/c1-6-12(19)16-9(18)5-17(6)8-3-2-7(4-15)10(13)11(8)14/h2-3,6H,4-5,15H2,1H3,(H,16,18,19). The number of nitrogens with one attached hydrogen (secondary N) is 1. The predicted octanol–water partition coefficient (Wildman–Crippen LogP) is 0.898. The van der Waals surface area contributed by atoms with E-state index in [4.69, 9.17) is 5.73 Å². The van der Waals surface area contributed by atoms with Gasteiger partial charge in [0.05, 0.1) is 16.7 Å². The third-order valence-corrected chi connectivity index (χ3v) is 3.95. The minimum absolute atomic E-state index is 0.0573. The van der Waals surface area contributed by atoms with E-state index < -0.39 is 23.7 Å². The summed E-state index contributed by atoms with van der Waals surface area (Å²) in [6.45, 7) is 1.76. The molecule has 3 N–H and O–H groups in total. The lowest BCUT2D eigenvalue weighted by atomic mass is 10.1. The van der Waals surface area contributed by atoms with Crippen LogP contribution in [0.2, 0.25) is 0 Å². The van der Waals surface area contributed by atoms with Crippen LogP contribution in [0, 0.1) is 5.82 Å². The second-order valence-electron chi connectivity index (χ2n) is 4.29. The number of halogens is 2. The Labute approximate surface area is 118 Å². The van der Waals surface area contributed by atoms with Crippen LogP contribution >= 0.6 is 15.9 Å². The fourth-order valence-electron chi connectivity index (χ4n) is 1.97. The number of carbonyl (C=O) groups excluding carboxylic acids is 2. The molecule has 2 amide bonds. The van der Waals surface area contributed by atoms with Gasteiger partial charge in [-0.3, -0.25) is 14.9 Å². The van der Waals surface area contributed by atoms with E-state index in [1.54, 1.807) is 13.0 Å². The van der Waals surface area contributed by atoms with E-state index in [0.717, 1.165) is 0 Å². The molecule has 7 heteroatoms. The SMILES string of the molecule is CC1C(=O)NC(=O)CN1c1ccc(CN)c(Br)c1F. The number of carbonyl (C=O) groups is 2. The molecule has 102 valence electrons. The summed E-state index contributed by atoms with van der Waals surface area (Å²) < 4.78 is 14.5. The number of nitrogens with zero attached hydrogens (tertiary/aromatic N) is 1. The Morgan fingerprint density at radius 2 is 2.21 bits per heavy atom. The molecule has 1 aromatic carbocycles. The molecule has 1 unspecified atom stereocenters. The van der Waals surface area contributed by atoms with Gasteiger partial charge in [0.15, 0.2) is 5.82 Å². The summed E-state index contributed by atoms with van der Waals surface area (Å²) in [7, 11) is 0. The molecular formula is C12H13BrFN3O2. The molecule has 0 saturated carbocycles. The number of amides is 2. The van der Waals surface area contributed by atoms with Gasteiger partial charge in [-0.1, -0.05) is 6.07 Å². The van der Waals surface area contributed by atoms with Crippen molar-refractivity contribution < 1.29 is 14.0 Å². The Morgan fingerprint density at radius 1 is 1.53 bits per heavy atom. The molecule has 1 saturated heterocycles. The van der Waals surface area contributed by atoms with Gasteiger partial charge in [-0.05, 0) is 34.5 Å². The van der Waals surface area contributed by atoms with E-state index in [0.29, 0.717) is 5.56 Å². The summed E-state index contributed by atoms with van der Waals surface area (Å²) in [5.41, 5.74) is 6.33. The summed E-state index contributed by atoms with van der Waals surface area (Å²) in [5.74, 6) is -1.39. The first-order valence-electron chi connectivity index (χ1n) is 5.73. The van der Waals surface area contributed by atoms with Crippen LogP contribution in [0.5, 0.6) is 0 Å². The van der Waals surface area contributed by atoms with Crippen LogP contribution in [0.15, 0.2) is 16.6 Å². The summed E-state index contributed by atoms with van der Waals surface area (Å²) in [6, 6.07) is 2.60. The van der Waals surface area contributed by atoms with Crippen LogP contribution in [0.4, 0.5) is 10.1 Å². The van der Waals surface area contributed by atoms with Crippen LogP contribution in [-0.4, -0.2) is 24.4 Å². The molecule has 0 aliphatic carbocycles. The number of rotatable bonds is 2. The van der Waals surface area contributed by atoms with Crippen molar-refractivity contribution in [1.29, 1.82) is 0 Å². The first-order chi connectivity index (χ1) is 8.95. The van der Waals surface area contributed by atoms with E-state index in [1.807, 2.05) is 0 Å². The molecule has 1 fully saturated rings. The van der Waals surface area contributed by atoms with Gasteiger partial charge in [0, 0.05) is 6.54 Å². The van der Waals surface area contributed by atoms with Crippen molar-refractivity contribution in [3.63, 3.8) is 0 Å². The monoisotopic (exact) mass is 329 g/mol. The smallest absolute Gasteiger partial charge is 0.249 e. The van der Waals surface area contributed by atoms with Crippen LogP contribution in [0.25, 0.3) is 0 Å². The van der Waals surface area contributed by atoms with Crippen LogP contribution < -0.4 is 16.0 Å². The normalized spacial score (nSPS) is 19.6. The Morgan fingerprint density at radius 3 is 2.84 bits per heavy atom. The average Bonchev–Trinajstić information content (AvgIpc) is 2.37. The van der Waals surface area contributed by atoms with Gasteiger partial charge in [-0.2, -0.15) is 0 Å². The molecule has 19 heavy (non-hydrogen) atoms. The molecule has 1 aromatic rings. The van der Waals surface area contributed by atoms with E-state index >= 15 is 0 Å². The molecule has 1 heterocycles. The van der Waals surface area contributed by atoms with Gasteiger partial charge in [0.25, 0.3) is 0 Å². The maximum atomic E-state index is 14.3. The predicted molar refractivity (Wildman–Crippen MR) is 71.9 cm³/mol. The number of hydrogen-bond acceptors (Lipinski definition) is 4. The second kappa shape index (κ2) is 5.26. The first-order valence-corrected chi connectivity index (χ1v) is 6.52. The van der Waals surface area contributed by atoms with E-state index in [1.165, 1.54) is 11.0 Å². The number of nitrogens with two attached hydrogens (primary N) is 1. The third-order valence-electron chi connectivity index (χ3n) is 3.09. The highest BCUT2D eigenvalue weighted by Gasteiger charge is 2.32. The van der Waals surface area contributed by atoms with Crippen LogP contribution in [-0.2, 0) is 16.1 Å². The topological polar surface area (TPSA) is 75.4 Å². The molecule has 0 radical (unpaired) electrons. The maximum absolute atomic E-state index is 14.3. The molecule has 1 atom stereocenters. The number of piperazine rings is 1. The van der Waals surface area contributed by atoms with E-state index in [9.17, 15) is 14.0 Å². The molecule has 1 aliphatic heterocycles. The van der Waals surface area contributed by atoms with Crippen molar-refractivity contribution in [3.05, 3.63) is 28.0 Å². The van der Waals surface area contributed by atoms with Gasteiger partial charge in [0.2, 0.25) is 11.8 Å².